The van der Waals surface area contributed by atoms with Gasteiger partial charge < -0.3 is 9.80 Å². The first-order valence-corrected chi connectivity index (χ1v) is 7.09. The molecule has 1 rings (SSSR count). The van der Waals surface area contributed by atoms with Gasteiger partial charge >= 0.3 is 0 Å². The van der Waals surface area contributed by atoms with Crippen molar-refractivity contribution in [2.24, 2.45) is 5.92 Å². The van der Waals surface area contributed by atoms with Gasteiger partial charge in [0.25, 0.3) is 0 Å². The van der Waals surface area contributed by atoms with E-state index >= 15 is 0 Å². The summed E-state index contributed by atoms with van der Waals surface area (Å²) in [7, 11) is 5.63. The number of carbonyl (C=O) groups excluding carboxylic acids is 1. The molecule has 0 aromatic heterocycles. The number of halogens is 1. The van der Waals surface area contributed by atoms with Gasteiger partial charge in [0.1, 0.15) is 0 Å². The highest BCUT2D eigenvalue weighted by Gasteiger charge is 2.17. The molecule has 1 aromatic carbocycles. The average molecular weight is 360 g/mol. The molecule has 18 heavy (non-hydrogen) atoms. The molecular formula is C14H21IN2O. The molecular weight excluding hydrogens is 339 g/mol. The van der Waals surface area contributed by atoms with E-state index in [0.29, 0.717) is 0 Å². The predicted octanol–water partition coefficient (Wildman–Crippen LogP) is 2.76. The normalized spacial score (nSPS) is 12.1. The smallest absolute Gasteiger partial charge is 0.226 e. The number of hydrogen-bond donors (Lipinski definition) is 0. The van der Waals surface area contributed by atoms with Crippen LogP contribution in [0.25, 0.3) is 0 Å². The van der Waals surface area contributed by atoms with Gasteiger partial charge in [-0.15, -0.1) is 0 Å². The fraction of sp³-hybridized carbons (Fsp3) is 0.500. The maximum Gasteiger partial charge on any atom is 0.226 e. The Morgan fingerprint density at radius 3 is 2.44 bits per heavy atom. The van der Waals surface area contributed by atoms with Crippen LogP contribution in [0.5, 0.6) is 0 Å². The van der Waals surface area contributed by atoms with Crippen LogP contribution in [0.15, 0.2) is 18.2 Å². The predicted molar refractivity (Wildman–Crippen MR) is 85.0 cm³/mol. The third kappa shape index (κ3) is 3.86. The highest BCUT2D eigenvalue weighted by atomic mass is 127. The van der Waals surface area contributed by atoms with Crippen molar-refractivity contribution >= 4 is 34.2 Å². The molecule has 0 radical (unpaired) electrons. The minimum Gasteiger partial charge on any atom is -0.373 e. The molecule has 1 unspecified atom stereocenters. The molecule has 0 N–H and O–H groups in total. The van der Waals surface area contributed by atoms with Gasteiger partial charge in [0, 0.05) is 36.9 Å². The second-order valence-corrected chi connectivity index (χ2v) is 6.13. The van der Waals surface area contributed by atoms with Crippen LogP contribution in [0.2, 0.25) is 0 Å². The Morgan fingerprint density at radius 2 is 1.94 bits per heavy atom. The molecule has 0 aliphatic rings. The van der Waals surface area contributed by atoms with Crippen molar-refractivity contribution in [3.05, 3.63) is 27.3 Å². The topological polar surface area (TPSA) is 23.6 Å². The van der Waals surface area contributed by atoms with E-state index in [0.717, 1.165) is 6.54 Å². The van der Waals surface area contributed by atoms with Crippen molar-refractivity contribution < 1.29 is 4.79 Å². The summed E-state index contributed by atoms with van der Waals surface area (Å²) in [6.07, 6.45) is 0. The van der Waals surface area contributed by atoms with E-state index < -0.39 is 0 Å². The number of amides is 1. The standard InChI is InChI=1S/C14H21IN2O/c1-10-6-7-13(12(15)8-10)17(5)9-11(2)14(18)16(3)4/h6-8,11H,9H2,1-5H3. The van der Waals surface area contributed by atoms with Gasteiger partial charge in [0.2, 0.25) is 5.91 Å². The number of anilines is 1. The van der Waals surface area contributed by atoms with Crippen LogP contribution in [-0.4, -0.2) is 38.5 Å². The Kier molecular flexibility index (Phi) is 5.44. The molecule has 1 amide bonds. The van der Waals surface area contributed by atoms with E-state index in [2.05, 4.69) is 52.6 Å². The minimum atomic E-state index is 0.00195. The third-order valence-electron chi connectivity index (χ3n) is 2.92. The molecule has 100 valence electrons. The minimum absolute atomic E-state index is 0.00195. The summed E-state index contributed by atoms with van der Waals surface area (Å²) in [5.41, 5.74) is 2.44. The van der Waals surface area contributed by atoms with Crippen LogP contribution in [0, 0.1) is 16.4 Å². The van der Waals surface area contributed by atoms with Crippen LogP contribution in [0.4, 0.5) is 5.69 Å². The van der Waals surface area contributed by atoms with Crippen LogP contribution in [-0.2, 0) is 4.79 Å². The van der Waals surface area contributed by atoms with Gasteiger partial charge in [0.05, 0.1) is 5.92 Å². The first-order valence-electron chi connectivity index (χ1n) is 6.01. The van der Waals surface area contributed by atoms with Crippen LogP contribution in [0.3, 0.4) is 0 Å². The largest absolute Gasteiger partial charge is 0.373 e. The van der Waals surface area contributed by atoms with Crippen molar-refractivity contribution in [1.82, 2.24) is 4.90 Å². The Hall–Kier alpha value is -0.780. The number of benzene rings is 1. The lowest BCUT2D eigenvalue weighted by Gasteiger charge is -2.25. The number of aryl methyl sites for hydroxylation is 1. The highest BCUT2D eigenvalue weighted by molar-refractivity contribution is 14.1. The summed E-state index contributed by atoms with van der Waals surface area (Å²) in [4.78, 5) is 15.6. The van der Waals surface area contributed by atoms with E-state index in [9.17, 15) is 4.79 Å². The van der Waals surface area contributed by atoms with Gasteiger partial charge in [-0.2, -0.15) is 0 Å². The second-order valence-electron chi connectivity index (χ2n) is 4.97. The summed E-state index contributed by atoms with van der Waals surface area (Å²) in [6.45, 7) is 4.79. The molecule has 0 spiro atoms. The molecule has 0 aliphatic carbocycles. The van der Waals surface area contributed by atoms with E-state index in [-0.39, 0.29) is 11.8 Å². The van der Waals surface area contributed by atoms with Crippen molar-refractivity contribution in [2.45, 2.75) is 13.8 Å². The molecule has 1 atom stereocenters. The zero-order chi connectivity index (χ0) is 13.9. The molecule has 0 saturated heterocycles. The van der Waals surface area contributed by atoms with Crippen molar-refractivity contribution in [3.8, 4) is 0 Å². The summed E-state index contributed by atoms with van der Waals surface area (Å²) >= 11 is 2.34. The lowest BCUT2D eigenvalue weighted by atomic mass is 10.1. The lowest BCUT2D eigenvalue weighted by molar-refractivity contribution is -0.132. The molecule has 1 aromatic rings. The third-order valence-corrected chi connectivity index (χ3v) is 3.79. The maximum atomic E-state index is 11.8. The number of rotatable bonds is 4. The van der Waals surface area contributed by atoms with Gasteiger partial charge in [-0.1, -0.05) is 13.0 Å². The number of nitrogens with zero attached hydrogens (tertiary/aromatic N) is 2. The van der Waals surface area contributed by atoms with E-state index in [1.54, 1.807) is 19.0 Å². The van der Waals surface area contributed by atoms with E-state index in [1.165, 1.54) is 14.8 Å². The maximum absolute atomic E-state index is 11.8. The van der Waals surface area contributed by atoms with Crippen LogP contribution >= 0.6 is 22.6 Å². The molecule has 0 heterocycles. The summed E-state index contributed by atoms with van der Waals surface area (Å²) in [5, 5.41) is 0. The molecule has 0 bridgehead atoms. The van der Waals surface area contributed by atoms with Gasteiger partial charge in [-0.25, -0.2) is 0 Å². The summed E-state index contributed by atoms with van der Waals surface area (Å²) < 4.78 is 1.22. The Balaban J connectivity index is 2.76. The Labute approximate surface area is 123 Å². The van der Waals surface area contributed by atoms with E-state index in [1.807, 2.05) is 14.0 Å². The fourth-order valence-corrected chi connectivity index (χ4v) is 3.03. The zero-order valence-corrected chi connectivity index (χ0v) is 13.9. The fourth-order valence-electron chi connectivity index (χ4n) is 1.95. The lowest BCUT2D eigenvalue weighted by Crippen LogP contribution is -2.35. The van der Waals surface area contributed by atoms with Crippen LogP contribution < -0.4 is 4.90 Å². The molecule has 0 aliphatic heterocycles. The molecule has 4 heteroatoms. The SMILES string of the molecule is Cc1ccc(N(C)CC(C)C(=O)N(C)C)c(I)c1. The highest BCUT2D eigenvalue weighted by Crippen LogP contribution is 2.23. The Morgan fingerprint density at radius 1 is 1.33 bits per heavy atom. The van der Waals surface area contributed by atoms with Gasteiger partial charge in [-0.3, -0.25) is 4.79 Å². The average Bonchev–Trinajstić information content (AvgIpc) is 2.27. The monoisotopic (exact) mass is 360 g/mol. The zero-order valence-electron chi connectivity index (χ0n) is 11.7. The van der Waals surface area contributed by atoms with Crippen molar-refractivity contribution in [2.75, 3.05) is 32.6 Å². The first kappa shape index (κ1) is 15.3. The van der Waals surface area contributed by atoms with Gasteiger partial charge in [0.15, 0.2) is 0 Å². The van der Waals surface area contributed by atoms with Gasteiger partial charge in [-0.05, 0) is 47.2 Å². The second kappa shape index (κ2) is 6.41. The molecule has 3 nitrogen and oxygen atoms in total. The van der Waals surface area contributed by atoms with Crippen molar-refractivity contribution in [1.29, 1.82) is 0 Å². The number of carbonyl (C=O) groups is 1. The van der Waals surface area contributed by atoms with Crippen LogP contribution in [0.1, 0.15) is 12.5 Å². The first-order chi connectivity index (χ1) is 8.32. The number of hydrogen-bond acceptors (Lipinski definition) is 2. The van der Waals surface area contributed by atoms with Crippen molar-refractivity contribution in [3.63, 3.8) is 0 Å². The summed E-state index contributed by atoms with van der Waals surface area (Å²) in [6, 6.07) is 6.38. The summed E-state index contributed by atoms with van der Waals surface area (Å²) in [5.74, 6) is 0.172. The molecule has 0 fully saturated rings. The Bertz CT molecular complexity index is 432. The molecule has 0 saturated carbocycles. The van der Waals surface area contributed by atoms with E-state index in [4.69, 9.17) is 0 Å². The quantitative estimate of drug-likeness (QED) is 0.771.